The Balaban J connectivity index is 1.59. The number of ether oxygens (including phenoxy) is 1. The first-order valence-corrected chi connectivity index (χ1v) is 11.2. The fourth-order valence-corrected chi connectivity index (χ4v) is 5.34. The molecule has 1 aromatic heterocycles. The molecule has 0 aliphatic carbocycles. The molecule has 0 radical (unpaired) electrons. The molecule has 2 atom stereocenters. The Morgan fingerprint density at radius 2 is 1.93 bits per heavy atom. The van der Waals surface area contributed by atoms with Crippen LogP contribution in [0.2, 0.25) is 0 Å². The highest BCUT2D eigenvalue weighted by atomic mass is 32.2. The number of hydrogen-bond acceptors (Lipinski definition) is 4. The molecule has 4 rings (SSSR count). The minimum atomic E-state index is -3.72. The number of benzene rings is 2. The minimum absolute atomic E-state index is 0.0307. The van der Waals surface area contributed by atoms with Gasteiger partial charge in [-0.15, -0.1) is 0 Å². The van der Waals surface area contributed by atoms with Gasteiger partial charge in [-0.2, -0.15) is 4.31 Å². The number of sulfonamides is 1. The summed E-state index contributed by atoms with van der Waals surface area (Å²) < 4.78 is 48.7. The largest absolute Gasteiger partial charge is 0.493 e. The highest BCUT2D eigenvalue weighted by molar-refractivity contribution is 7.89. The van der Waals surface area contributed by atoms with Crippen molar-refractivity contribution in [2.75, 3.05) is 19.7 Å². The molecule has 30 heavy (non-hydrogen) atoms. The Kier molecular flexibility index (Phi) is 5.62. The number of imidazole rings is 1. The summed E-state index contributed by atoms with van der Waals surface area (Å²) in [6.07, 6.45) is 2.97. The molecule has 2 aromatic carbocycles. The van der Waals surface area contributed by atoms with Crippen LogP contribution in [0.5, 0.6) is 5.75 Å². The van der Waals surface area contributed by atoms with Gasteiger partial charge < -0.3 is 9.30 Å². The van der Waals surface area contributed by atoms with E-state index in [0.717, 1.165) is 16.9 Å². The van der Waals surface area contributed by atoms with Crippen molar-refractivity contribution in [3.63, 3.8) is 0 Å². The maximum Gasteiger partial charge on any atom is 0.262 e. The smallest absolute Gasteiger partial charge is 0.262 e. The lowest BCUT2D eigenvalue weighted by Gasteiger charge is -2.19. The molecule has 0 amide bonds. The van der Waals surface area contributed by atoms with Gasteiger partial charge in [0.05, 0.1) is 12.9 Å². The Bertz CT molecular complexity index is 1130. The first-order chi connectivity index (χ1) is 14.3. The first kappa shape index (κ1) is 20.6. The van der Waals surface area contributed by atoms with E-state index in [1.165, 1.54) is 29.0 Å². The standard InChI is InChI=1S/C22H24FN3O3S/c1-16-4-3-5-20(10-16)29-14-18-11-26(30(27,28)22-13-25(2)15-24-22)12-21(18)17-6-8-19(23)9-7-17/h3-10,13,15,18,21H,11-12,14H2,1-2H3/t18-,21-/m0/s1. The Morgan fingerprint density at radius 1 is 1.17 bits per heavy atom. The van der Waals surface area contributed by atoms with Gasteiger partial charge in [0.25, 0.3) is 10.0 Å². The molecule has 158 valence electrons. The summed E-state index contributed by atoms with van der Waals surface area (Å²) in [7, 11) is -1.99. The summed E-state index contributed by atoms with van der Waals surface area (Å²) in [4.78, 5) is 4.02. The predicted octanol–water partition coefficient (Wildman–Crippen LogP) is 3.35. The van der Waals surface area contributed by atoms with Crippen molar-refractivity contribution in [2.45, 2.75) is 17.9 Å². The van der Waals surface area contributed by atoms with Gasteiger partial charge in [-0.25, -0.2) is 17.8 Å². The van der Waals surface area contributed by atoms with Crippen LogP contribution in [0.3, 0.4) is 0 Å². The molecule has 0 saturated carbocycles. The van der Waals surface area contributed by atoms with Crippen LogP contribution in [0.15, 0.2) is 66.1 Å². The number of halogens is 1. The van der Waals surface area contributed by atoms with Crippen LogP contribution < -0.4 is 4.74 Å². The number of rotatable bonds is 6. The van der Waals surface area contributed by atoms with Gasteiger partial charge >= 0.3 is 0 Å². The third-order valence-corrected chi connectivity index (χ3v) is 7.16. The van der Waals surface area contributed by atoms with E-state index in [4.69, 9.17) is 4.74 Å². The van der Waals surface area contributed by atoms with Crippen molar-refractivity contribution in [3.05, 3.63) is 78.0 Å². The third kappa shape index (κ3) is 4.24. The number of nitrogens with zero attached hydrogens (tertiary/aromatic N) is 3. The van der Waals surface area contributed by atoms with E-state index in [1.807, 2.05) is 31.2 Å². The second-order valence-electron chi connectivity index (χ2n) is 7.75. The lowest BCUT2D eigenvalue weighted by atomic mass is 9.89. The van der Waals surface area contributed by atoms with E-state index in [9.17, 15) is 12.8 Å². The summed E-state index contributed by atoms with van der Waals surface area (Å²) in [6.45, 7) is 2.96. The average molecular weight is 430 g/mol. The molecule has 1 aliphatic heterocycles. The van der Waals surface area contributed by atoms with Gasteiger partial charge in [0.1, 0.15) is 11.6 Å². The molecule has 0 unspecified atom stereocenters. The van der Waals surface area contributed by atoms with E-state index in [2.05, 4.69) is 4.98 Å². The summed E-state index contributed by atoms with van der Waals surface area (Å²) in [5.41, 5.74) is 1.99. The predicted molar refractivity (Wildman–Crippen MR) is 111 cm³/mol. The Hall–Kier alpha value is -2.71. The Morgan fingerprint density at radius 3 is 2.60 bits per heavy atom. The SMILES string of the molecule is Cc1cccc(OC[C@@H]2CN(S(=O)(=O)c3cn(C)cn3)C[C@H]2c2ccc(F)cc2)c1. The van der Waals surface area contributed by atoms with E-state index in [1.54, 1.807) is 23.7 Å². The third-order valence-electron chi connectivity index (χ3n) is 5.44. The summed E-state index contributed by atoms with van der Waals surface area (Å²) in [5.74, 6) is 0.254. The first-order valence-electron chi connectivity index (χ1n) is 9.76. The van der Waals surface area contributed by atoms with Gasteiger partial charge in [-0.1, -0.05) is 24.3 Å². The van der Waals surface area contributed by atoms with Crippen LogP contribution in [0.1, 0.15) is 17.0 Å². The summed E-state index contributed by atoms with van der Waals surface area (Å²) >= 11 is 0. The fourth-order valence-electron chi connectivity index (χ4n) is 3.85. The fraction of sp³-hybridized carbons (Fsp3) is 0.318. The maximum atomic E-state index is 13.4. The second-order valence-corrected chi connectivity index (χ2v) is 9.63. The highest BCUT2D eigenvalue weighted by Gasteiger charge is 2.41. The molecule has 3 aromatic rings. The molecule has 2 heterocycles. The van der Waals surface area contributed by atoms with E-state index in [-0.39, 0.29) is 22.7 Å². The normalized spacial score (nSPS) is 19.8. The molecule has 6 nitrogen and oxygen atoms in total. The zero-order chi connectivity index (χ0) is 21.3. The molecule has 1 fully saturated rings. The van der Waals surface area contributed by atoms with Crippen LogP contribution in [0.4, 0.5) is 4.39 Å². The van der Waals surface area contributed by atoms with Crippen LogP contribution in [-0.2, 0) is 17.1 Å². The second kappa shape index (κ2) is 8.20. The van der Waals surface area contributed by atoms with E-state index >= 15 is 0 Å². The van der Waals surface area contributed by atoms with Gasteiger partial charge in [0.2, 0.25) is 0 Å². The van der Waals surface area contributed by atoms with Crippen molar-refractivity contribution in [2.24, 2.45) is 13.0 Å². The van der Waals surface area contributed by atoms with Gasteiger partial charge in [-0.3, -0.25) is 0 Å². The quantitative estimate of drug-likeness (QED) is 0.603. The van der Waals surface area contributed by atoms with Crippen molar-refractivity contribution in [1.82, 2.24) is 13.9 Å². The van der Waals surface area contributed by atoms with Gasteiger partial charge in [0.15, 0.2) is 5.03 Å². The minimum Gasteiger partial charge on any atom is -0.493 e. The van der Waals surface area contributed by atoms with Gasteiger partial charge in [-0.05, 0) is 42.3 Å². The van der Waals surface area contributed by atoms with Crippen LogP contribution in [-0.4, -0.2) is 42.0 Å². The van der Waals surface area contributed by atoms with Crippen LogP contribution in [0, 0.1) is 18.7 Å². The molecular weight excluding hydrogens is 405 g/mol. The average Bonchev–Trinajstić information content (AvgIpc) is 3.34. The monoisotopic (exact) mass is 429 g/mol. The molecule has 0 spiro atoms. The number of hydrogen-bond donors (Lipinski definition) is 0. The topological polar surface area (TPSA) is 64.4 Å². The van der Waals surface area contributed by atoms with E-state index in [0.29, 0.717) is 19.7 Å². The van der Waals surface area contributed by atoms with Crippen molar-refractivity contribution in [1.29, 1.82) is 0 Å². The highest BCUT2D eigenvalue weighted by Crippen LogP contribution is 2.36. The van der Waals surface area contributed by atoms with E-state index < -0.39 is 10.0 Å². The molecular formula is C22H24FN3O3S. The molecule has 1 saturated heterocycles. The Labute approximate surface area is 176 Å². The van der Waals surface area contributed by atoms with Crippen molar-refractivity contribution >= 4 is 10.0 Å². The molecule has 1 aliphatic rings. The lowest BCUT2D eigenvalue weighted by molar-refractivity contribution is 0.244. The molecule has 0 N–H and O–H groups in total. The van der Waals surface area contributed by atoms with Crippen molar-refractivity contribution in [3.8, 4) is 5.75 Å². The zero-order valence-electron chi connectivity index (χ0n) is 16.9. The van der Waals surface area contributed by atoms with Crippen LogP contribution in [0.25, 0.3) is 0 Å². The maximum absolute atomic E-state index is 13.4. The molecule has 0 bridgehead atoms. The van der Waals surface area contributed by atoms with Crippen LogP contribution >= 0.6 is 0 Å². The number of aryl methyl sites for hydroxylation is 2. The van der Waals surface area contributed by atoms with Crippen molar-refractivity contribution < 1.29 is 17.5 Å². The molecule has 8 heteroatoms. The van der Waals surface area contributed by atoms with Gasteiger partial charge in [0, 0.05) is 38.2 Å². The lowest BCUT2D eigenvalue weighted by Crippen LogP contribution is -2.30. The summed E-state index contributed by atoms with van der Waals surface area (Å²) in [6, 6.07) is 14.0. The zero-order valence-corrected chi connectivity index (χ0v) is 17.7. The number of aromatic nitrogens is 2. The summed E-state index contributed by atoms with van der Waals surface area (Å²) in [5, 5.41) is 0.0307.